The summed E-state index contributed by atoms with van der Waals surface area (Å²) in [6.45, 7) is 8.74. The normalized spacial score (nSPS) is 16.2. The van der Waals surface area contributed by atoms with Gasteiger partial charge in [-0.15, -0.1) is 0 Å². The van der Waals surface area contributed by atoms with Crippen molar-refractivity contribution in [1.82, 2.24) is 10.1 Å². The number of nitrogens with zero attached hydrogens (tertiary/aromatic N) is 4. The average Bonchev–Trinajstić information content (AvgIpc) is 3.31. The highest BCUT2D eigenvalue weighted by atomic mass is 19.4. The molecule has 2 heterocycles. The van der Waals surface area contributed by atoms with Crippen molar-refractivity contribution in [3.63, 3.8) is 0 Å². The summed E-state index contributed by atoms with van der Waals surface area (Å²) in [7, 11) is 0. The maximum atomic E-state index is 13.6. The van der Waals surface area contributed by atoms with Crippen molar-refractivity contribution in [1.29, 1.82) is 0 Å². The predicted octanol–water partition coefficient (Wildman–Crippen LogP) is 6.28. The lowest BCUT2D eigenvalue weighted by Crippen LogP contribution is -2.28. The third-order valence-corrected chi connectivity index (χ3v) is 5.23. The van der Waals surface area contributed by atoms with Gasteiger partial charge in [-0.3, -0.25) is 0 Å². The monoisotopic (exact) mass is 452 g/mol. The van der Waals surface area contributed by atoms with Gasteiger partial charge in [0.2, 0.25) is 11.7 Å². The number of benzene rings is 2. The van der Waals surface area contributed by atoms with Crippen LogP contribution in [-0.2, 0) is 25.3 Å². The van der Waals surface area contributed by atoms with Gasteiger partial charge in [-0.25, -0.2) is 4.85 Å². The van der Waals surface area contributed by atoms with E-state index in [-0.39, 0.29) is 41.8 Å². The van der Waals surface area contributed by atoms with Crippen LogP contribution < -0.4 is 4.90 Å². The highest BCUT2D eigenvalue weighted by molar-refractivity contribution is 5.71. The van der Waals surface area contributed by atoms with E-state index < -0.39 is 29.2 Å². The Balaban J connectivity index is 1.64. The molecule has 4 rings (SSSR count). The van der Waals surface area contributed by atoms with Crippen molar-refractivity contribution in [3.8, 4) is 11.4 Å². The fourth-order valence-corrected chi connectivity index (χ4v) is 3.81. The Morgan fingerprint density at radius 2 is 1.88 bits per heavy atom. The van der Waals surface area contributed by atoms with Crippen molar-refractivity contribution in [2.45, 2.75) is 38.3 Å². The zero-order chi connectivity index (χ0) is 23.3. The third-order valence-electron chi connectivity index (χ3n) is 5.23. The van der Waals surface area contributed by atoms with Gasteiger partial charge in [0.15, 0.2) is 5.69 Å². The van der Waals surface area contributed by atoms with Crippen molar-refractivity contribution in [3.05, 3.63) is 70.4 Å². The van der Waals surface area contributed by atoms with Gasteiger partial charge in [0, 0.05) is 17.3 Å². The van der Waals surface area contributed by atoms with Crippen molar-refractivity contribution >= 4 is 11.4 Å². The highest BCUT2D eigenvalue weighted by Crippen LogP contribution is 2.46. The second-order valence-electron chi connectivity index (χ2n) is 7.34. The molecule has 0 saturated carbocycles. The summed E-state index contributed by atoms with van der Waals surface area (Å²) in [5.74, 6) is -0.0163. The van der Waals surface area contributed by atoms with E-state index in [0.717, 1.165) is 18.2 Å². The first-order valence-electron chi connectivity index (χ1n) is 9.36. The lowest BCUT2D eigenvalue weighted by molar-refractivity contribution is -0.138. The minimum Gasteiger partial charge on any atom is -0.359 e. The summed E-state index contributed by atoms with van der Waals surface area (Å²) in [5, 5.41) is 3.72. The molecule has 1 aliphatic heterocycles. The highest BCUT2D eigenvalue weighted by Gasteiger charge is 2.41. The zero-order valence-electron chi connectivity index (χ0n) is 16.4. The molecule has 0 fully saturated rings. The van der Waals surface area contributed by atoms with Gasteiger partial charge in [-0.05, 0) is 37.1 Å². The van der Waals surface area contributed by atoms with E-state index in [4.69, 9.17) is 11.1 Å². The molecule has 0 saturated heterocycles. The van der Waals surface area contributed by atoms with Gasteiger partial charge in [-0.2, -0.15) is 31.3 Å². The van der Waals surface area contributed by atoms with E-state index in [9.17, 15) is 26.3 Å². The molecule has 1 unspecified atom stereocenters. The second-order valence-corrected chi connectivity index (χ2v) is 7.34. The second kappa shape index (κ2) is 7.55. The maximum Gasteiger partial charge on any atom is 0.416 e. The molecule has 1 atom stereocenters. The van der Waals surface area contributed by atoms with Crippen LogP contribution in [0.15, 0.2) is 40.9 Å². The lowest BCUT2D eigenvalue weighted by atomic mass is 10.0. The van der Waals surface area contributed by atoms with Gasteiger partial charge in [-0.1, -0.05) is 23.4 Å². The number of fused-ring (bicyclic) bond motifs is 1. The molecule has 11 heteroatoms. The van der Waals surface area contributed by atoms with Crippen molar-refractivity contribution < 1.29 is 30.9 Å². The van der Waals surface area contributed by atoms with E-state index in [1.54, 1.807) is 11.8 Å². The summed E-state index contributed by atoms with van der Waals surface area (Å²) in [4.78, 5) is 8.76. The molecule has 0 spiro atoms. The van der Waals surface area contributed by atoms with Crippen LogP contribution in [0.2, 0.25) is 0 Å². The Kier molecular flexibility index (Phi) is 5.11. The van der Waals surface area contributed by atoms with E-state index in [2.05, 4.69) is 15.0 Å². The summed E-state index contributed by atoms with van der Waals surface area (Å²) >= 11 is 0. The minimum absolute atomic E-state index is 0.0242. The standard InChI is InChI=1S/C21H14F6N4O/c1-11-8-14-16(7-6-15(28-2)18(14)21(25,26)27)31(11)10-17-29-19(30-32-17)12-4-3-5-13(9-12)20(22,23)24/h3-7,9,11H,8,10H2,1H3. The first-order chi connectivity index (χ1) is 15.0. The Labute approximate surface area is 178 Å². The third kappa shape index (κ3) is 3.88. The Bertz CT molecular complexity index is 1210. The number of anilines is 1. The van der Waals surface area contributed by atoms with Gasteiger partial charge >= 0.3 is 12.4 Å². The van der Waals surface area contributed by atoms with Crippen LogP contribution >= 0.6 is 0 Å². The number of halogens is 6. The molecule has 0 N–H and O–H groups in total. The fraction of sp³-hybridized carbons (Fsp3) is 0.286. The number of alkyl halides is 6. The molecule has 1 aromatic heterocycles. The van der Waals surface area contributed by atoms with Crippen LogP contribution in [0.3, 0.4) is 0 Å². The molecule has 3 aromatic rings. The molecule has 32 heavy (non-hydrogen) atoms. The predicted molar refractivity (Wildman–Crippen MR) is 102 cm³/mol. The summed E-state index contributed by atoms with van der Waals surface area (Å²) in [6.07, 6.45) is -9.14. The molecular weight excluding hydrogens is 438 g/mol. The van der Waals surface area contributed by atoms with Crippen LogP contribution in [-0.4, -0.2) is 16.2 Å². The van der Waals surface area contributed by atoms with Crippen LogP contribution in [0.5, 0.6) is 0 Å². The first-order valence-corrected chi connectivity index (χ1v) is 9.36. The zero-order valence-corrected chi connectivity index (χ0v) is 16.4. The smallest absolute Gasteiger partial charge is 0.359 e. The van der Waals surface area contributed by atoms with Gasteiger partial charge in [0.1, 0.15) is 0 Å². The van der Waals surface area contributed by atoms with Gasteiger partial charge < -0.3 is 9.42 Å². The largest absolute Gasteiger partial charge is 0.416 e. The number of aromatic nitrogens is 2. The summed E-state index contributed by atoms with van der Waals surface area (Å²) in [5.41, 5.74) is -1.85. The number of hydrogen-bond acceptors (Lipinski definition) is 4. The molecular formula is C21H14F6N4O. The van der Waals surface area contributed by atoms with E-state index >= 15 is 0 Å². The van der Waals surface area contributed by atoms with Gasteiger partial charge in [0.25, 0.3) is 0 Å². The first kappa shape index (κ1) is 21.7. The topological polar surface area (TPSA) is 46.5 Å². The summed E-state index contributed by atoms with van der Waals surface area (Å²) < 4.78 is 84.8. The minimum atomic E-state index is -4.68. The Hall–Kier alpha value is -3.55. The van der Waals surface area contributed by atoms with Crippen molar-refractivity contribution in [2.24, 2.45) is 0 Å². The molecule has 0 amide bonds. The average molecular weight is 452 g/mol. The van der Waals surface area contributed by atoms with E-state index in [1.165, 1.54) is 18.2 Å². The fourth-order valence-electron chi connectivity index (χ4n) is 3.81. The van der Waals surface area contributed by atoms with Crippen LogP contribution in [0, 0.1) is 6.57 Å². The molecule has 5 nitrogen and oxygen atoms in total. The summed E-state index contributed by atoms with van der Waals surface area (Å²) in [6, 6.07) is 6.66. The number of rotatable bonds is 3. The van der Waals surface area contributed by atoms with E-state index in [1.807, 2.05) is 0 Å². The van der Waals surface area contributed by atoms with Crippen LogP contribution in [0.4, 0.5) is 37.7 Å². The quantitative estimate of drug-likeness (QED) is 0.347. The molecule has 0 aliphatic carbocycles. The molecule has 0 radical (unpaired) electrons. The maximum absolute atomic E-state index is 13.6. The van der Waals surface area contributed by atoms with Crippen molar-refractivity contribution in [2.75, 3.05) is 4.90 Å². The molecule has 0 bridgehead atoms. The van der Waals surface area contributed by atoms with E-state index in [0.29, 0.717) is 5.69 Å². The number of hydrogen-bond donors (Lipinski definition) is 0. The van der Waals surface area contributed by atoms with Crippen LogP contribution in [0.25, 0.3) is 16.2 Å². The van der Waals surface area contributed by atoms with Crippen LogP contribution in [0.1, 0.15) is 29.5 Å². The molecule has 1 aliphatic rings. The Morgan fingerprint density at radius 1 is 1.12 bits per heavy atom. The molecule has 2 aromatic carbocycles. The van der Waals surface area contributed by atoms with Gasteiger partial charge in [0.05, 0.1) is 24.2 Å². The lowest BCUT2D eigenvalue weighted by Gasteiger charge is -2.23. The SMILES string of the molecule is [C-]#[N+]c1ccc2c(c1C(F)(F)F)CC(C)N2Cc1nc(-c2cccc(C(F)(F)F)c2)no1. The molecule has 166 valence electrons. The Morgan fingerprint density at radius 3 is 2.53 bits per heavy atom.